The molecule has 1 saturated heterocycles. The Balaban J connectivity index is 1.23. The van der Waals surface area contributed by atoms with Crippen LogP contribution in [0.3, 0.4) is 0 Å². The minimum absolute atomic E-state index is 0.0392. The molecule has 2 heterocycles. The monoisotopic (exact) mass is 652 g/mol. The molecule has 1 aromatic heterocycles. The first-order valence-corrected chi connectivity index (χ1v) is 15.2. The van der Waals surface area contributed by atoms with Crippen LogP contribution >= 0.6 is 23.2 Å². The number of aliphatic hydroxyl groups excluding tert-OH is 1. The normalized spacial score (nSPS) is 18.6. The second kappa shape index (κ2) is 15.4. The Morgan fingerprint density at radius 1 is 0.978 bits per heavy atom. The molecule has 4 aromatic rings. The van der Waals surface area contributed by atoms with Gasteiger partial charge in [-0.1, -0.05) is 102 Å². The van der Waals surface area contributed by atoms with Crippen LogP contribution in [-0.2, 0) is 45.1 Å². The molecule has 0 aliphatic carbocycles. The first-order chi connectivity index (χ1) is 21.8. The smallest absolute Gasteiger partial charge is 0.328 e. The summed E-state index contributed by atoms with van der Waals surface area (Å²) in [6.45, 7) is 0.625. The summed E-state index contributed by atoms with van der Waals surface area (Å²) in [6, 6.07) is 23.3. The fourth-order valence-electron chi connectivity index (χ4n) is 5.09. The van der Waals surface area contributed by atoms with Gasteiger partial charge in [-0.25, -0.2) is 14.6 Å². The molecule has 1 aliphatic heterocycles. The summed E-state index contributed by atoms with van der Waals surface area (Å²) < 4.78 is 19.4. The van der Waals surface area contributed by atoms with E-state index in [2.05, 4.69) is 15.6 Å². The van der Waals surface area contributed by atoms with Crippen molar-refractivity contribution < 1.29 is 28.9 Å². The van der Waals surface area contributed by atoms with Gasteiger partial charge < -0.3 is 34.5 Å². The summed E-state index contributed by atoms with van der Waals surface area (Å²) in [5, 5.41) is 15.5. The number of esters is 1. The number of aliphatic hydroxyl groups is 1. The van der Waals surface area contributed by atoms with E-state index in [1.165, 1.54) is 7.11 Å². The number of methoxy groups -OCH3 is 1. The topological polar surface area (TPSA) is 124 Å². The average molecular weight is 654 g/mol. The maximum Gasteiger partial charge on any atom is 0.328 e. The van der Waals surface area contributed by atoms with E-state index in [4.69, 9.17) is 37.4 Å². The molecule has 5 rings (SSSR count). The van der Waals surface area contributed by atoms with Crippen LogP contribution in [0, 0.1) is 0 Å². The zero-order valence-electron chi connectivity index (χ0n) is 24.6. The highest BCUT2D eigenvalue weighted by atomic mass is 35.5. The van der Waals surface area contributed by atoms with Crippen molar-refractivity contribution in [2.75, 3.05) is 7.11 Å². The van der Waals surface area contributed by atoms with Crippen molar-refractivity contribution in [1.29, 1.82) is 0 Å². The van der Waals surface area contributed by atoms with Gasteiger partial charge in [0.25, 0.3) is 0 Å². The van der Waals surface area contributed by atoms with E-state index in [1.807, 2.05) is 78.9 Å². The second-order valence-corrected chi connectivity index (χ2v) is 11.4. The minimum Gasteiger partial charge on any atom is -0.467 e. The number of hydrogen-bond acceptors (Lipinski definition) is 7. The molecule has 1 aliphatic rings. The van der Waals surface area contributed by atoms with Crippen LogP contribution in [0.1, 0.15) is 46.6 Å². The van der Waals surface area contributed by atoms with Crippen molar-refractivity contribution in [1.82, 2.24) is 20.2 Å². The number of aromatic nitrogens is 2. The maximum atomic E-state index is 12.7. The zero-order valence-corrected chi connectivity index (χ0v) is 26.1. The second-order valence-electron chi connectivity index (χ2n) is 10.7. The minimum atomic E-state index is -0.825. The van der Waals surface area contributed by atoms with E-state index in [0.717, 1.165) is 27.8 Å². The summed E-state index contributed by atoms with van der Waals surface area (Å²) in [5.41, 5.74) is 4.32. The zero-order chi connectivity index (χ0) is 31.8. The summed E-state index contributed by atoms with van der Waals surface area (Å²) >= 11 is 12.4. The average Bonchev–Trinajstić information content (AvgIpc) is 3.39. The molecular formula is C33H34Cl2N4O6. The maximum absolute atomic E-state index is 12.7. The van der Waals surface area contributed by atoms with Gasteiger partial charge in [-0.15, -0.1) is 0 Å². The van der Waals surface area contributed by atoms with Gasteiger partial charge in [-0.05, 0) is 22.3 Å². The SMILES string of the molecule is COC(=O)[C@H](Cc1ccccc1)NC(=O)NCc1ccc([C@H]2O[C@@H](Cn3cnc(Cl)c3Cl)C[C@@H](c3ccc(CO)cc3)O2)cc1. The van der Waals surface area contributed by atoms with Crippen LogP contribution in [0.15, 0.2) is 85.2 Å². The highest BCUT2D eigenvalue weighted by molar-refractivity contribution is 6.40. The lowest BCUT2D eigenvalue weighted by atomic mass is 10.00. The Morgan fingerprint density at radius 2 is 1.67 bits per heavy atom. The van der Waals surface area contributed by atoms with Gasteiger partial charge in [0.15, 0.2) is 11.4 Å². The molecule has 4 atom stereocenters. The molecule has 0 radical (unpaired) electrons. The number of imidazole rings is 1. The van der Waals surface area contributed by atoms with Crippen LogP contribution in [0.2, 0.25) is 10.3 Å². The number of hydrogen-bond donors (Lipinski definition) is 3. The van der Waals surface area contributed by atoms with Crippen molar-refractivity contribution >= 4 is 35.2 Å². The Hall–Kier alpha value is -3.93. The van der Waals surface area contributed by atoms with E-state index in [0.29, 0.717) is 24.5 Å². The molecule has 10 nitrogen and oxygen atoms in total. The lowest BCUT2D eigenvalue weighted by molar-refractivity contribution is -0.252. The Kier molecular flexibility index (Phi) is 11.1. The fraction of sp³-hybridized carbons (Fsp3) is 0.303. The van der Waals surface area contributed by atoms with Gasteiger partial charge in [0, 0.05) is 24.9 Å². The third kappa shape index (κ3) is 8.62. The highest BCUT2D eigenvalue weighted by Crippen LogP contribution is 2.39. The molecule has 0 bridgehead atoms. The molecule has 236 valence electrons. The Bertz CT molecular complexity index is 1570. The van der Waals surface area contributed by atoms with Crippen molar-refractivity contribution in [2.24, 2.45) is 0 Å². The van der Waals surface area contributed by atoms with Crippen LogP contribution in [0.25, 0.3) is 0 Å². The van der Waals surface area contributed by atoms with Crippen molar-refractivity contribution in [3.8, 4) is 0 Å². The van der Waals surface area contributed by atoms with E-state index in [-0.39, 0.29) is 30.5 Å². The third-order valence-corrected chi connectivity index (χ3v) is 8.30. The number of nitrogens with one attached hydrogen (secondary N) is 2. The lowest BCUT2D eigenvalue weighted by Crippen LogP contribution is -2.47. The van der Waals surface area contributed by atoms with E-state index in [1.54, 1.807) is 10.9 Å². The standard InChI is InChI=1S/C33H34Cl2N4O6/c1-43-31(41)27(15-21-5-3-2-4-6-21)38-33(42)36-17-22-7-13-25(14-8-22)32-44-26(18-39-20-37-29(34)30(39)35)16-28(45-32)24-11-9-23(19-40)10-12-24/h2-14,20,26-28,32,40H,15-19H2,1H3,(H2,36,38,42)/t26-,27+,28+,32+/m1/s1. The molecule has 0 spiro atoms. The van der Waals surface area contributed by atoms with Gasteiger partial charge in [0.05, 0.1) is 38.8 Å². The third-order valence-electron chi connectivity index (χ3n) is 7.53. The molecule has 3 N–H and O–H groups in total. The number of rotatable bonds is 11. The van der Waals surface area contributed by atoms with Gasteiger partial charge in [-0.3, -0.25) is 0 Å². The number of halogens is 2. The van der Waals surface area contributed by atoms with Crippen LogP contribution < -0.4 is 10.6 Å². The van der Waals surface area contributed by atoms with E-state index < -0.39 is 24.3 Å². The van der Waals surface area contributed by atoms with E-state index in [9.17, 15) is 14.7 Å². The molecule has 2 amide bonds. The Labute approximate surface area is 271 Å². The van der Waals surface area contributed by atoms with Gasteiger partial charge >= 0.3 is 12.0 Å². The number of carbonyl (C=O) groups excluding carboxylic acids is 2. The quantitative estimate of drug-likeness (QED) is 0.183. The lowest BCUT2D eigenvalue weighted by Gasteiger charge is -2.36. The molecule has 0 unspecified atom stereocenters. The first-order valence-electron chi connectivity index (χ1n) is 14.4. The summed E-state index contributed by atoms with van der Waals surface area (Å²) in [4.78, 5) is 29.0. The summed E-state index contributed by atoms with van der Waals surface area (Å²) in [6.07, 6.45) is 1.24. The fourth-order valence-corrected chi connectivity index (χ4v) is 5.41. The predicted octanol–water partition coefficient (Wildman–Crippen LogP) is 5.51. The first kappa shape index (κ1) is 32.5. The Morgan fingerprint density at radius 3 is 2.31 bits per heavy atom. The molecule has 12 heteroatoms. The molecule has 45 heavy (non-hydrogen) atoms. The molecular weight excluding hydrogens is 619 g/mol. The molecule has 0 saturated carbocycles. The van der Waals surface area contributed by atoms with Gasteiger partial charge in [0.2, 0.25) is 0 Å². The number of nitrogens with zero attached hydrogens (tertiary/aromatic N) is 2. The largest absolute Gasteiger partial charge is 0.467 e. The summed E-state index contributed by atoms with van der Waals surface area (Å²) in [5.74, 6) is -0.523. The molecule has 1 fully saturated rings. The highest BCUT2D eigenvalue weighted by Gasteiger charge is 2.33. The number of ether oxygens (including phenoxy) is 3. The van der Waals surface area contributed by atoms with Crippen molar-refractivity contribution in [2.45, 2.75) is 57.1 Å². The van der Waals surface area contributed by atoms with Crippen molar-refractivity contribution in [3.05, 3.63) is 123 Å². The van der Waals surface area contributed by atoms with Crippen molar-refractivity contribution in [3.63, 3.8) is 0 Å². The van der Waals surface area contributed by atoms with Gasteiger partial charge in [-0.2, -0.15) is 0 Å². The van der Waals surface area contributed by atoms with Crippen LogP contribution in [-0.4, -0.2) is 45.9 Å². The number of benzene rings is 3. The van der Waals surface area contributed by atoms with Gasteiger partial charge in [0.1, 0.15) is 11.2 Å². The summed E-state index contributed by atoms with van der Waals surface area (Å²) in [7, 11) is 1.29. The van der Waals surface area contributed by atoms with E-state index >= 15 is 0 Å². The van der Waals surface area contributed by atoms with Crippen LogP contribution in [0.4, 0.5) is 4.79 Å². The predicted molar refractivity (Wildman–Crippen MR) is 168 cm³/mol. The number of urea groups is 1. The number of amides is 2. The molecule has 3 aromatic carbocycles. The van der Waals surface area contributed by atoms with Crippen LogP contribution in [0.5, 0.6) is 0 Å². The number of carbonyl (C=O) groups is 2.